The van der Waals surface area contributed by atoms with Crippen LogP contribution in [-0.4, -0.2) is 33.5 Å². The summed E-state index contributed by atoms with van der Waals surface area (Å²) in [7, 11) is 0. The molecule has 1 aromatic heterocycles. The summed E-state index contributed by atoms with van der Waals surface area (Å²) in [4.78, 5) is 18.2. The molecule has 24 heavy (non-hydrogen) atoms. The third-order valence-corrected chi connectivity index (χ3v) is 4.24. The van der Waals surface area contributed by atoms with Gasteiger partial charge in [-0.2, -0.15) is 0 Å². The number of amides is 1. The van der Waals surface area contributed by atoms with Crippen LogP contribution in [-0.2, 0) is 11.2 Å². The number of halogens is 2. The number of aliphatic hydroxyl groups is 1. The molecule has 0 spiro atoms. The van der Waals surface area contributed by atoms with Crippen LogP contribution in [0.4, 0.5) is 8.78 Å². The van der Waals surface area contributed by atoms with E-state index in [1.165, 1.54) is 4.90 Å². The Morgan fingerprint density at radius 2 is 2.12 bits per heavy atom. The van der Waals surface area contributed by atoms with E-state index in [1.807, 2.05) is 19.1 Å². The Morgan fingerprint density at radius 3 is 2.83 bits per heavy atom. The van der Waals surface area contributed by atoms with E-state index in [0.717, 1.165) is 29.5 Å². The minimum Gasteiger partial charge on any atom is -0.391 e. The highest BCUT2D eigenvalue weighted by molar-refractivity contribution is 5.79. The van der Waals surface area contributed by atoms with Gasteiger partial charge in [0.05, 0.1) is 18.6 Å². The van der Waals surface area contributed by atoms with Crippen molar-refractivity contribution in [3.05, 3.63) is 65.0 Å². The Morgan fingerprint density at radius 1 is 1.33 bits per heavy atom. The van der Waals surface area contributed by atoms with Crippen LogP contribution >= 0.6 is 0 Å². The van der Waals surface area contributed by atoms with Crippen LogP contribution in [0.5, 0.6) is 0 Å². The molecule has 2 heterocycles. The van der Waals surface area contributed by atoms with Gasteiger partial charge in [-0.05, 0) is 43.2 Å². The first kappa shape index (κ1) is 16.5. The molecular weight excluding hydrogens is 314 g/mol. The maximum Gasteiger partial charge on any atom is 0.227 e. The van der Waals surface area contributed by atoms with E-state index in [0.29, 0.717) is 0 Å². The van der Waals surface area contributed by atoms with Gasteiger partial charge in [-0.25, -0.2) is 8.78 Å². The van der Waals surface area contributed by atoms with Gasteiger partial charge in [-0.15, -0.1) is 0 Å². The average Bonchev–Trinajstić information content (AvgIpc) is 2.94. The molecule has 2 atom stereocenters. The van der Waals surface area contributed by atoms with Crippen molar-refractivity contribution >= 4 is 5.91 Å². The maximum absolute atomic E-state index is 14.1. The second-order valence-electron chi connectivity index (χ2n) is 6.10. The smallest absolute Gasteiger partial charge is 0.227 e. The summed E-state index contributed by atoms with van der Waals surface area (Å²) in [5.41, 5.74) is 1.69. The van der Waals surface area contributed by atoms with E-state index >= 15 is 0 Å². The number of aromatic nitrogens is 1. The molecule has 1 fully saturated rings. The number of likely N-dealkylation sites (tertiary alicyclic amines) is 1. The van der Waals surface area contributed by atoms with Gasteiger partial charge in [0, 0.05) is 24.0 Å². The van der Waals surface area contributed by atoms with Crippen LogP contribution in [0.2, 0.25) is 0 Å². The molecule has 6 heteroatoms. The first-order valence-electron chi connectivity index (χ1n) is 7.78. The van der Waals surface area contributed by atoms with Crippen molar-refractivity contribution in [1.82, 2.24) is 9.88 Å². The lowest BCUT2D eigenvalue weighted by molar-refractivity contribution is -0.131. The number of aliphatic hydroxyl groups excluding tert-OH is 1. The summed E-state index contributed by atoms with van der Waals surface area (Å²) in [6.07, 6.45) is 1.17. The highest BCUT2D eigenvalue weighted by atomic mass is 19.1. The Balaban J connectivity index is 1.83. The van der Waals surface area contributed by atoms with Gasteiger partial charge in [0.1, 0.15) is 11.6 Å². The van der Waals surface area contributed by atoms with Gasteiger partial charge in [0.15, 0.2) is 0 Å². The lowest BCUT2D eigenvalue weighted by atomic mass is 10.0. The molecule has 126 valence electrons. The Kier molecular flexibility index (Phi) is 4.57. The van der Waals surface area contributed by atoms with E-state index in [2.05, 4.69) is 4.98 Å². The first-order chi connectivity index (χ1) is 11.4. The summed E-state index contributed by atoms with van der Waals surface area (Å²) in [6.45, 7) is 1.96. The molecule has 1 aliphatic heterocycles. The highest BCUT2D eigenvalue weighted by Gasteiger charge is 2.36. The van der Waals surface area contributed by atoms with Crippen LogP contribution in [0.15, 0.2) is 36.5 Å². The van der Waals surface area contributed by atoms with E-state index in [9.17, 15) is 18.7 Å². The summed E-state index contributed by atoms with van der Waals surface area (Å²) in [6, 6.07) is 6.12. The number of hydrogen-bond donors (Lipinski definition) is 1. The SMILES string of the molecule is Cc1ccc(CC(=O)N2C[C@@H](O)C[C@H]2c2cc(F)ccc2F)cn1. The topological polar surface area (TPSA) is 53.4 Å². The van der Waals surface area contributed by atoms with Crippen molar-refractivity contribution in [3.63, 3.8) is 0 Å². The third-order valence-electron chi connectivity index (χ3n) is 4.24. The fourth-order valence-corrected chi connectivity index (χ4v) is 3.03. The van der Waals surface area contributed by atoms with Crippen molar-refractivity contribution in [2.75, 3.05) is 6.54 Å². The molecule has 0 bridgehead atoms. The Hall–Kier alpha value is -2.34. The lowest BCUT2D eigenvalue weighted by Gasteiger charge is -2.25. The number of pyridine rings is 1. The molecule has 0 aliphatic carbocycles. The van der Waals surface area contributed by atoms with Crippen LogP contribution in [0.3, 0.4) is 0 Å². The molecule has 1 saturated heterocycles. The van der Waals surface area contributed by atoms with Gasteiger partial charge in [-0.1, -0.05) is 6.07 Å². The van der Waals surface area contributed by atoms with Crippen LogP contribution in [0, 0.1) is 18.6 Å². The minimum absolute atomic E-state index is 0.0990. The fraction of sp³-hybridized carbons (Fsp3) is 0.333. The Bertz CT molecular complexity index is 749. The lowest BCUT2D eigenvalue weighted by Crippen LogP contribution is -2.33. The molecule has 3 rings (SSSR count). The van der Waals surface area contributed by atoms with Crippen molar-refractivity contribution in [3.8, 4) is 0 Å². The minimum atomic E-state index is -0.752. The van der Waals surface area contributed by atoms with Gasteiger partial charge in [0.2, 0.25) is 5.91 Å². The second-order valence-corrected chi connectivity index (χ2v) is 6.10. The van der Waals surface area contributed by atoms with Gasteiger partial charge < -0.3 is 10.0 Å². The summed E-state index contributed by atoms with van der Waals surface area (Å²) < 4.78 is 27.5. The molecule has 0 unspecified atom stereocenters. The van der Waals surface area contributed by atoms with Gasteiger partial charge in [0.25, 0.3) is 0 Å². The normalized spacial score (nSPS) is 20.4. The van der Waals surface area contributed by atoms with E-state index in [1.54, 1.807) is 6.20 Å². The Labute approximate surface area is 138 Å². The van der Waals surface area contributed by atoms with Crippen LogP contribution in [0.1, 0.15) is 29.3 Å². The molecule has 1 amide bonds. The monoisotopic (exact) mass is 332 g/mol. The molecule has 1 aromatic carbocycles. The number of carbonyl (C=O) groups is 1. The summed E-state index contributed by atoms with van der Waals surface area (Å²) in [5.74, 6) is -1.39. The van der Waals surface area contributed by atoms with Crippen molar-refractivity contribution in [2.24, 2.45) is 0 Å². The first-order valence-corrected chi connectivity index (χ1v) is 7.78. The predicted molar refractivity (Wildman–Crippen MR) is 84.1 cm³/mol. The molecule has 0 radical (unpaired) electrons. The number of β-amino-alcohol motifs (C(OH)–C–C–N with tert-alkyl or cyclic N) is 1. The zero-order valence-corrected chi connectivity index (χ0v) is 13.2. The van der Waals surface area contributed by atoms with Crippen molar-refractivity contribution < 1.29 is 18.7 Å². The summed E-state index contributed by atoms with van der Waals surface area (Å²) >= 11 is 0. The predicted octanol–water partition coefficient (Wildman–Crippen LogP) is 2.55. The molecular formula is C18H18F2N2O2. The quantitative estimate of drug-likeness (QED) is 0.940. The van der Waals surface area contributed by atoms with E-state index in [4.69, 9.17) is 0 Å². The second kappa shape index (κ2) is 6.65. The number of aryl methyl sites for hydroxylation is 1. The zero-order chi connectivity index (χ0) is 17.3. The number of hydrogen-bond acceptors (Lipinski definition) is 3. The number of carbonyl (C=O) groups excluding carboxylic acids is 1. The fourth-order valence-electron chi connectivity index (χ4n) is 3.03. The molecule has 2 aromatic rings. The average molecular weight is 332 g/mol. The number of benzene rings is 1. The standard InChI is InChI=1S/C18H18F2N2O2/c1-11-2-3-12(9-21-11)6-18(24)22-10-14(23)8-17(22)15-7-13(19)4-5-16(15)20/h2-5,7,9,14,17,23H,6,8,10H2,1H3/t14-,17-/m0/s1. The van der Waals surface area contributed by atoms with Crippen LogP contribution < -0.4 is 0 Å². The summed E-state index contributed by atoms with van der Waals surface area (Å²) in [5, 5.41) is 9.92. The van der Waals surface area contributed by atoms with Crippen molar-refractivity contribution in [2.45, 2.75) is 31.9 Å². The van der Waals surface area contributed by atoms with E-state index in [-0.39, 0.29) is 30.9 Å². The van der Waals surface area contributed by atoms with E-state index < -0.39 is 23.8 Å². The molecule has 4 nitrogen and oxygen atoms in total. The number of nitrogens with zero attached hydrogens (tertiary/aromatic N) is 2. The zero-order valence-electron chi connectivity index (χ0n) is 13.2. The van der Waals surface area contributed by atoms with Crippen molar-refractivity contribution in [1.29, 1.82) is 0 Å². The van der Waals surface area contributed by atoms with Gasteiger partial charge >= 0.3 is 0 Å². The van der Waals surface area contributed by atoms with Crippen LogP contribution in [0.25, 0.3) is 0 Å². The number of rotatable bonds is 3. The molecule has 1 N–H and O–H groups in total. The largest absolute Gasteiger partial charge is 0.391 e. The highest BCUT2D eigenvalue weighted by Crippen LogP contribution is 2.34. The maximum atomic E-state index is 14.1. The third kappa shape index (κ3) is 3.43. The van der Waals surface area contributed by atoms with Gasteiger partial charge in [-0.3, -0.25) is 9.78 Å². The molecule has 1 aliphatic rings. The molecule has 0 saturated carbocycles.